The van der Waals surface area contributed by atoms with Crippen LogP contribution in [-0.4, -0.2) is 16.5 Å². The minimum Gasteiger partial charge on any atom is -0.496 e. The van der Waals surface area contributed by atoms with Crippen LogP contribution in [0.1, 0.15) is 17.0 Å². The zero-order valence-electron chi connectivity index (χ0n) is 10.7. The number of aryl methyl sites for hydroxylation is 1. The largest absolute Gasteiger partial charge is 0.496 e. The van der Waals surface area contributed by atoms with Crippen molar-refractivity contribution in [3.05, 3.63) is 45.8 Å². The summed E-state index contributed by atoms with van der Waals surface area (Å²) in [5.74, 6) is 2.27. The Labute approximate surface area is 122 Å². The second-order valence-corrected chi connectivity index (χ2v) is 6.44. The van der Waals surface area contributed by atoms with Crippen LogP contribution in [0.15, 0.2) is 33.3 Å². The van der Waals surface area contributed by atoms with E-state index in [9.17, 15) is 4.21 Å². The Bertz CT molecular complexity index is 597. The molecule has 1 atom stereocenters. The fourth-order valence-electron chi connectivity index (χ4n) is 1.68. The lowest BCUT2D eigenvalue weighted by atomic mass is 10.2. The van der Waals surface area contributed by atoms with E-state index >= 15 is 0 Å². The quantitative estimate of drug-likeness (QED) is 0.836. The fourth-order valence-corrected chi connectivity index (χ4v) is 3.37. The molecule has 1 unspecified atom stereocenters. The summed E-state index contributed by atoms with van der Waals surface area (Å²) >= 11 is 3.41. The zero-order chi connectivity index (χ0) is 13.8. The molecule has 1 aromatic carbocycles. The molecule has 0 aliphatic carbocycles. The van der Waals surface area contributed by atoms with Crippen LogP contribution < -0.4 is 4.74 Å². The van der Waals surface area contributed by atoms with E-state index in [1.165, 1.54) is 0 Å². The molecule has 1 aromatic heterocycles. The molecule has 0 fully saturated rings. The number of aromatic nitrogens is 1. The van der Waals surface area contributed by atoms with Crippen molar-refractivity contribution in [1.29, 1.82) is 0 Å². The highest BCUT2D eigenvalue weighted by Crippen LogP contribution is 2.26. The van der Waals surface area contributed by atoms with Crippen LogP contribution in [0, 0.1) is 6.92 Å². The number of nitrogens with zero attached hydrogens (tertiary/aromatic N) is 1. The van der Waals surface area contributed by atoms with Crippen LogP contribution in [0.5, 0.6) is 5.75 Å². The van der Waals surface area contributed by atoms with Gasteiger partial charge in [0.25, 0.3) is 0 Å². The first-order valence-corrected chi connectivity index (χ1v) is 7.96. The third-order valence-electron chi connectivity index (χ3n) is 2.52. The molecule has 1 heterocycles. The van der Waals surface area contributed by atoms with Crippen molar-refractivity contribution in [1.82, 2.24) is 5.16 Å². The third-order valence-corrected chi connectivity index (χ3v) is 4.41. The van der Waals surface area contributed by atoms with Crippen molar-refractivity contribution in [2.75, 3.05) is 7.11 Å². The van der Waals surface area contributed by atoms with Crippen molar-refractivity contribution in [3.63, 3.8) is 0 Å². The van der Waals surface area contributed by atoms with Crippen molar-refractivity contribution in [2.45, 2.75) is 18.4 Å². The number of benzene rings is 1. The molecule has 2 rings (SSSR count). The fraction of sp³-hybridized carbons (Fsp3) is 0.308. The highest BCUT2D eigenvalue weighted by atomic mass is 79.9. The molecule has 0 bridgehead atoms. The Hall–Kier alpha value is -1.14. The van der Waals surface area contributed by atoms with E-state index in [0.29, 0.717) is 17.3 Å². The van der Waals surface area contributed by atoms with Crippen molar-refractivity contribution in [2.24, 2.45) is 0 Å². The predicted octanol–water partition coefficient (Wildman–Crippen LogP) is 3.20. The van der Waals surface area contributed by atoms with Gasteiger partial charge in [-0.25, -0.2) is 0 Å². The van der Waals surface area contributed by atoms with Crippen molar-refractivity contribution in [3.8, 4) is 5.75 Å². The van der Waals surface area contributed by atoms with Gasteiger partial charge in [0, 0.05) is 22.6 Å². The number of hydrogen-bond donors (Lipinski definition) is 0. The molecular formula is C13H14BrNO3S. The number of rotatable bonds is 5. The SMILES string of the molecule is COc1ccc(CS(=O)Cc2cc(C)no2)cc1Br. The number of methoxy groups -OCH3 is 1. The van der Waals surface area contributed by atoms with Crippen LogP contribution in [0.3, 0.4) is 0 Å². The Morgan fingerprint density at radius 1 is 1.37 bits per heavy atom. The minimum absolute atomic E-state index is 0.379. The molecule has 0 amide bonds. The van der Waals surface area contributed by atoms with E-state index < -0.39 is 10.8 Å². The molecule has 0 radical (unpaired) electrons. The van der Waals surface area contributed by atoms with Gasteiger partial charge in [-0.1, -0.05) is 11.2 Å². The molecule has 102 valence electrons. The third kappa shape index (κ3) is 3.91. The highest BCUT2D eigenvalue weighted by molar-refractivity contribution is 9.10. The highest BCUT2D eigenvalue weighted by Gasteiger charge is 2.09. The summed E-state index contributed by atoms with van der Waals surface area (Å²) in [5, 5.41) is 3.78. The molecule has 0 saturated carbocycles. The summed E-state index contributed by atoms with van der Waals surface area (Å²) in [4.78, 5) is 0. The smallest absolute Gasteiger partial charge is 0.149 e. The molecule has 6 heteroatoms. The van der Waals surface area contributed by atoms with E-state index in [0.717, 1.165) is 21.5 Å². The Balaban J connectivity index is 2.00. The minimum atomic E-state index is -1.02. The van der Waals surface area contributed by atoms with E-state index in [1.54, 1.807) is 7.11 Å². The summed E-state index contributed by atoms with van der Waals surface area (Å²) in [5.41, 5.74) is 1.79. The monoisotopic (exact) mass is 343 g/mol. The molecule has 4 nitrogen and oxygen atoms in total. The van der Waals surface area contributed by atoms with Crippen LogP contribution in [0.25, 0.3) is 0 Å². The lowest BCUT2D eigenvalue weighted by Gasteiger charge is -2.05. The maximum Gasteiger partial charge on any atom is 0.149 e. The van der Waals surface area contributed by atoms with E-state index in [4.69, 9.17) is 9.26 Å². The summed E-state index contributed by atoms with van der Waals surface area (Å²) in [6.45, 7) is 1.84. The molecule has 0 aliphatic heterocycles. The van der Waals surface area contributed by atoms with Gasteiger partial charge in [-0.2, -0.15) is 0 Å². The molecular weight excluding hydrogens is 330 g/mol. The first kappa shape index (κ1) is 14.3. The maximum atomic E-state index is 12.0. The van der Waals surface area contributed by atoms with Gasteiger partial charge in [-0.05, 0) is 40.5 Å². The molecule has 0 aliphatic rings. The molecule has 0 saturated heterocycles. The lowest BCUT2D eigenvalue weighted by Crippen LogP contribution is -1.99. The van der Waals surface area contributed by atoms with Gasteiger partial charge in [-0.15, -0.1) is 0 Å². The molecule has 2 aromatic rings. The van der Waals surface area contributed by atoms with Gasteiger partial charge in [0.15, 0.2) is 0 Å². The van der Waals surface area contributed by atoms with Gasteiger partial charge in [0.2, 0.25) is 0 Å². The van der Waals surface area contributed by atoms with Gasteiger partial charge >= 0.3 is 0 Å². The standard InChI is InChI=1S/C13H14BrNO3S/c1-9-5-11(18-15-9)8-19(16)7-10-3-4-13(17-2)12(14)6-10/h3-6H,7-8H2,1-2H3. The van der Waals surface area contributed by atoms with Gasteiger partial charge < -0.3 is 9.26 Å². The van der Waals surface area contributed by atoms with E-state index in [1.807, 2.05) is 31.2 Å². The van der Waals surface area contributed by atoms with Gasteiger partial charge in [0.1, 0.15) is 11.5 Å². The van der Waals surface area contributed by atoms with Gasteiger partial charge in [0.05, 0.1) is 23.0 Å². The van der Waals surface area contributed by atoms with E-state index in [-0.39, 0.29) is 0 Å². The van der Waals surface area contributed by atoms with Crippen LogP contribution in [-0.2, 0) is 22.3 Å². The second kappa shape index (κ2) is 6.34. The second-order valence-electron chi connectivity index (χ2n) is 4.13. The summed E-state index contributed by atoms with van der Waals surface area (Å²) < 4.78 is 23.1. The topological polar surface area (TPSA) is 52.3 Å². The zero-order valence-corrected chi connectivity index (χ0v) is 13.1. The Kier molecular flexibility index (Phi) is 4.76. The van der Waals surface area contributed by atoms with Crippen LogP contribution in [0.4, 0.5) is 0 Å². The summed E-state index contributed by atoms with van der Waals surface area (Å²) in [6.07, 6.45) is 0. The van der Waals surface area contributed by atoms with Crippen LogP contribution >= 0.6 is 15.9 Å². The summed E-state index contributed by atoms with van der Waals surface area (Å²) in [6, 6.07) is 7.49. The molecule has 0 spiro atoms. The lowest BCUT2D eigenvalue weighted by molar-refractivity contribution is 0.390. The first-order valence-electron chi connectivity index (χ1n) is 5.68. The summed E-state index contributed by atoms with van der Waals surface area (Å²) in [7, 11) is 0.594. The predicted molar refractivity (Wildman–Crippen MR) is 77.5 cm³/mol. The van der Waals surface area contributed by atoms with Gasteiger partial charge in [-0.3, -0.25) is 4.21 Å². The van der Waals surface area contributed by atoms with Crippen molar-refractivity contribution >= 4 is 26.7 Å². The van der Waals surface area contributed by atoms with E-state index in [2.05, 4.69) is 21.1 Å². The first-order chi connectivity index (χ1) is 9.08. The average Bonchev–Trinajstić information content (AvgIpc) is 2.74. The number of ether oxygens (including phenoxy) is 1. The number of hydrogen-bond acceptors (Lipinski definition) is 4. The average molecular weight is 344 g/mol. The van der Waals surface area contributed by atoms with Crippen molar-refractivity contribution < 1.29 is 13.5 Å². The Morgan fingerprint density at radius 3 is 2.74 bits per heavy atom. The van der Waals surface area contributed by atoms with Crippen LogP contribution in [0.2, 0.25) is 0 Å². The number of halogens is 1. The normalized spacial score (nSPS) is 12.4. The maximum absolute atomic E-state index is 12.0. The molecule has 19 heavy (non-hydrogen) atoms. The Morgan fingerprint density at radius 2 is 2.16 bits per heavy atom. The molecule has 0 N–H and O–H groups in total.